The Morgan fingerprint density at radius 2 is 1.92 bits per heavy atom. The number of carbonyl (C=O) groups is 1. The molecule has 1 aromatic heterocycles. The molecule has 0 spiro atoms. The highest BCUT2D eigenvalue weighted by Crippen LogP contribution is 2.28. The number of phenolic OH excluding ortho intramolecular Hbond substituents is 1. The third-order valence-electron chi connectivity index (χ3n) is 3.76. The van der Waals surface area contributed by atoms with Gasteiger partial charge in [0.1, 0.15) is 11.4 Å². The molecule has 0 aliphatic rings. The second-order valence-corrected chi connectivity index (χ2v) is 7.75. The number of sulfonamides is 1. The van der Waals surface area contributed by atoms with E-state index in [-0.39, 0.29) is 22.0 Å². The Kier molecular flexibility index (Phi) is 5.76. The van der Waals surface area contributed by atoms with Gasteiger partial charge in [-0.05, 0) is 24.3 Å². The summed E-state index contributed by atoms with van der Waals surface area (Å²) in [7, 11) is -2.05. The van der Waals surface area contributed by atoms with Crippen LogP contribution in [0.2, 0.25) is 5.02 Å². The fraction of sp³-hybridized carbons (Fsp3) is 0.312. The summed E-state index contributed by atoms with van der Waals surface area (Å²) < 4.78 is 28.0. The van der Waals surface area contributed by atoms with Gasteiger partial charge >= 0.3 is 0 Å². The maximum atomic E-state index is 12.6. The van der Waals surface area contributed by atoms with E-state index in [0.29, 0.717) is 18.1 Å². The molecule has 25 heavy (non-hydrogen) atoms. The molecule has 0 saturated carbocycles. The SMILES string of the molecule is CCN(CC)S(=O)(=O)c1ccc(O)c(NC(=O)c2cc(Cl)cn2C)c1. The molecule has 0 unspecified atom stereocenters. The first-order valence-electron chi connectivity index (χ1n) is 7.67. The first kappa shape index (κ1) is 19.3. The molecule has 0 radical (unpaired) electrons. The highest BCUT2D eigenvalue weighted by Gasteiger charge is 2.23. The van der Waals surface area contributed by atoms with Gasteiger partial charge in [0.2, 0.25) is 10.0 Å². The van der Waals surface area contributed by atoms with Crippen molar-refractivity contribution in [3.05, 3.63) is 41.2 Å². The lowest BCUT2D eigenvalue weighted by Gasteiger charge is -2.19. The standard InChI is InChI=1S/C16H20ClN3O4S/c1-4-20(5-2)25(23,24)12-6-7-15(21)13(9-12)18-16(22)14-8-11(17)10-19(14)3/h6-10,21H,4-5H2,1-3H3,(H,18,22). The van der Waals surface area contributed by atoms with Crippen LogP contribution >= 0.6 is 11.6 Å². The smallest absolute Gasteiger partial charge is 0.272 e. The number of halogens is 1. The molecule has 1 heterocycles. The van der Waals surface area contributed by atoms with Crippen molar-refractivity contribution in [2.45, 2.75) is 18.7 Å². The lowest BCUT2D eigenvalue weighted by Crippen LogP contribution is -2.30. The number of amides is 1. The molecule has 2 rings (SSSR count). The molecule has 2 N–H and O–H groups in total. The highest BCUT2D eigenvalue weighted by atomic mass is 35.5. The summed E-state index contributed by atoms with van der Waals surface area (Å²) >= 11 is 5.86. The Hall–Kier alpha value is -2.03. The number of hydrogen-bond donors (Lipinski definition) is 2. The van der Waals surface area contributed by atoms with Crippen LogP contribution in [0.15, 0.2) is 35.4 Å². The molecule has 2 aromatic rings. The summed E-state index contributed by atoms with van der Waals surface area (Å²) in [6.45, 7) is 4.12. The second-order valence-electron chi connectivity index (χ2n) is 5.38. The Labute approximate surface area is 151 Å². The number of carbonyl (C=O) groups excluding carboxylic acids is 1. The molecular weight excluding hydrogens is 366 g/mol. The van der Waals surface area contributed by atoms with Crippen LogP contribution in [0.25, 0.3) is 0 Å². The summed E-state index contributed by atoms with van der Waals surface area (Å²) in [6.07, 6.45) is 1.57. The molecule has 136 valence electrons. The van der Waals surface area contributed by atoms with E-state index in [2.05, 4.69) is 5.32 Å². The van der Waals surface area contributed by atoms with Crippen molar-refractivity contribution in [1.29, 1.82) is 0 Å². The fourth-order valence-electron chi connectivity index (χ4n) is 2.42. The van der Waals surface area contributed by atoms with Crippen molar-refractivity contribution >= 4 is 33.2 Å². The first-order valence-corrected chi connectivity index (χ1v) is 9.48. The Bertz CT molecular complexity index is 889. The maximum Gasteiger partial charge on any atom is 0.272 e. The monoisotopic (exact) mass is 385 g/mol. The number of anilines is 1. The second kappa shape index (κ2) is 7.47. The number of phenols is 1. The minimum absolute atomic E-state index is 0.00536. The fourth-order valence-corrected chi connectivity index (χ4v) is 4.16. The molecule has 1 aromatic carbocycles. The summed E-state index contributed by atoms with van der Waals surface area (Å²) in [5, 5.41) is 12.9. The van der Waals surface area contributed by atoms with Crippen molar-refractivity contribution < 1.29 is 18.3 Å². The Balaban J connectivity index is 2.37. The normalized spacial score (nSPS) is 11.7. The van der Waals surface area contributed by atoms with Crippen molar-refractivity contribution in [3.63, 3.8) is 0 Å². The summed E-state index contributed by atoms with van der Waals surface area (Å²) in [5.41, 5.74) is 0.289. The van der Waals surface area contributed by atoms with Gasteiger partial charge in [-0.1, -0.05) is 25.4 Å². The third-order valence-corrected chi connectivity index (χ3v) is 6.02. The zero-order chi connectivity index (χ0) is 18.8. The van der Waals surface area contributed by atoms with Crippen molar-refractivity contribution in [1.82, 2.24) is 8.87 Å². The molecule has 0 aliphatic carbocycles. The molecule has 9 heteroatoms. The van der Waals surface area contributed by atoms with Gasteiger partial charge in [0.25, 0.3) is 5.91 Å². The van der Waals surface area contributed by atoms with E-state index in [4.69, 9.17) is 11.6 Å². The zero-order valence-corrected chi connectivity index (χ0v) is 15.7. The van der Waals surface area contributed by atoms with Crippen molar-refractivity contribution in [2.75, 3.05) is 18.4 Å². The minimum Gasteiger partial charge on any atom is -0.506 e. The van der Waals surface area contributed by atoms with Crippen LogP contribution in [-0.2, 0) is 17.1 Å². The van der Waals surface area contributed by atoms with Gasteiger partial charge in [-0.2, -0.15) is 4.31 Å². The average molecular weight is 386 g/mol. The number of aromatic nitrogens is 1. The van der Waals surface area contributed by atoms with Crippen molar-refractivity contribution in [3.8, 4) is 5.75 Å². The first-order chi connectivity index (χ1) is 11.7. The summed E-state index contributed by atoms with van der Waals surface area (Å²) in [5.74, 6) is -0.741. The zero-order valence-electron chi connectivity index (χ0n) is 14.2. The molecule has 0 atom stereocenters. The number of rotatable bonds is 6. The minimum atomic E-state index is -3.70. The van der Waals surface area contributed by atoms with E-state index in [1.54, 1.807) is 27.1 Å². The summed E-state index contributed by atoms with van der Waals surface area (Å²) in [4.78, 5) is 12.3. The van der Waals surface area contributed by atoms with Crippen LogP contribution in [0.3, 0.4) is 0 Å². The quantitative estimate of drug-likeness (QED) is 0.748. The maximum absolute atomic E-state index is 12.6. The van der Waals surface area contributed by atoms with E-state index in [1.165, 1.54) is 33.1 Å². The van der Waals surface area contributed by atoms with Crippen LogP contribution in [0.5, 0.6) is 5.75 Å². The average Bonchev–Trinajstić information content (AvgIpc) is 2.88. The van der Waals surface area contributed by atoms with Crippen LogP contribution in [0.1, 0.15) is 24.3 Å². The molecule has 0 saturated heterocycles. The van der Waals surface area contributed by atoms with Gasteiger partial charge in [-0.3, -0.25) is 4.79 Å². The van der Waals surface area contributed by atoms with E-state index < -0.39 is 15.9 Å². The Morgan fingerprint density at radius 1 is 1.28 bits per heavy atom. The number of nitrogens with zero attached hydrogens (tertiary/aromatic N) is 2. The molecule has 7 nitrogen and oxygen atoms in total. The van der Waals surface area contributed by atoms with E-state index in [0.717, 1.165) is 0 Å². The van der Waals surface area contributed by atoms with E-state index in [1.807, 2.05) is 0 Å². The van der Waals surface area contributed by atoms with Crippen molar-refractivity contribution in [2.24, 2.45) is 7.05 Å². The number of nitrogens with one attached hydrogen (secondary N) is 1. The van der Waals surface area contributed by atoms with Gasteiger partial charge in [-0.15, -0.1) is 0 Å². The van der Waals surface area contributed by atoms with Crippen LogP contribution in [-0.4, -0.2) is 41.4 Å². The van der Waals surface area contributed by atoms with Gasteiger partial charge in [-0.25, -0.2) is 8.42 Å². The van der Waals surface area contributed by atoms with Gasteiger partial charge in [0.15, 0.2) is 0 Å². The predicted octanol–water partition coefficient (Wildman–Crippen LogP) is 2.67. The lowest BCUT2D eigenvalue weighted by molar-refractivity contribution is 0.101. The number of hydrogen-bond acceptors (Lipinski definition) is 4. The topological polar surface area (TPSA) is 91.6 Å². The third kappa shape index (κ3) is 3.97. The molecule has 1 amide bonds. The van der Waals surface area contributed by atoms with Crippen LogP contribution in [0, 0.1) is 0 Å². The largest absolute Gasteiger partial charge is 0.506 e. The van der Waals surface area contributed by atoms with E-state index >= 15 is 0 Å². The molecule has 0 aliphatic heterocycles. The van der Waals surface area contributed by atoms with E-state index in [9.17, 15) is 18.3 Å². The Morgan fingerprint density at radius 3 is 2.44 bits per heavy atom. The lowest BCUT2D eigenvalue weighted by atomic mass is 10.3. The number of aryl methyl sites for hydroxylation is 1. The molecular formula is C16H20ClN3O4S. The van der Waals surface area contributed by atoms with Gasteiger partial charge in [0, 0.05) is 26.3 Å². The predicted molar refractivity (Wildman–Crippen MR) is 96.6 cm³/mol. The molecule has 0 fully saturated rings. The number of benzene rings is 1. The molecule has 0 bridgehead atoms. The highest BCUT2D eigenvalue weighted by molar-refractivity contribution is 7.89. The van der Waals surface area contributed by atoms with Gasteiger partial charge < -0.3 is 15.0 Å². The number of aromatic hydroxyl groups is 1. The van der Waals surface area contributed by atoms with Gasteiger partial charge in [0.05, 0.1) is 15.6 Å². The summed E-state index contributed by atoms with van der Waals surface area (Å²) in [6, 6.07) is 5.26. The van der Waals surface area contributed by atoms with Crippen LogP contribution < -0.4 is 5.32 Å². The van der Waals surface area contributed by atoms with Crippen LogP contribution in [0.4, 0.5) is 5.69 Å².